The summed E-state index contributed by atoms with van der Waals surface area (Å²) >= 11 is 0. The van der Waals surface area contributed by atoms with E-state index in [9.17, 15) is 12.6 Å². The topological polar surface area (TPSA) is 120 Å². The van der Waals surface area contributed by atoms with Crippen LogP contribution < -0.4 is 14.9 Å². The molecule has 0 saturated heterocycles. The van der Waals surface area contributed by atoms with Crippen molar-refractivity contribution in [3.05, 3.63) is 47.5 Å². The van der Waals surface area contributed by atoms with E-state index in [-0.39, 0.29) is 18.0 Å². The SMILES string of the molecule is CCNS(=O)c1ccc2c(c1)/C(=N\NC)c1cc(S(=O)(=O)NCCO)ccc1-2. The van der Waals surface area contributed by atoms with Crippen molar-refractivity contribution in [3.63, 3.8) is 0 Å². The average molecular weight is 423 g/mol. The lowest BCUT2D eigenvalue weighted by atomic mass is 10.1. The number of fused-ring (bicyclic) bond motifs is 3. The minimum atomic E-state index is -3.74. The van der Waals surface area contributed by atoms with Crippen molar-refractivity contribution in [2.75, 3.05) is 26.7 Å². The van der Waals surface area contributed by atoms with Gasteiger partial charge in [0.15, 0.2) is 0 Å². The fourth-order valence-corrected chi connectivity index (χ4v) is 4.94. The Morgan fingerprint density at radius 1 is 1.07 bits per heavy atom. The zero-order valence-electron chi connectivity index (χ0n) is 15.5. The summed E-state index contributed by atoms with van der Waals surface area (Å²) in [5.41, 5.74) is 6.54. The monoisotopic (exact) mass is 422 g/mol. The third kappa shape index (κ3) is 3.87. The van der Waals surface area contributed by atoms with Gasteiger partial charge in [-0.15, -0.1) is 0 Å². The summed E-state index contributed by atoms with van der Waals surface area (Å²) in [5.74, 6) is 0. The van der Waals surface area contributed by atoms with Crippen LogP contribution in [0.1, 0.15) is 18.1 Å². The number of hydrogen-bond acceptors (Lipinski definition) is 6. The third-order valence-corrected chi connectivity index (χ3v) is 6.90. The van der Waals surface area contributed by atoms with Crippen molar-refractivity contribution < 1.29 is 17.7 Å². The van der Waals surface area contributed by atoms with Crippen LogP contribution in [0.4, 0.5) is 0 Å². The Balaban J connectivity index is 2.10. The van der Waals surface area contributed by atoms with Crippen molar-refractivity contribution in [2.45, 2.75) is 16.7 Å². The Hall–Kier alpha value is -2.11. The lowest BCUT2D eigenvalue weighted by molar-refractivity contribution is 0.301. The lowest BCUT2D eigenvalue weighted by Crippen LogP contribution is -2.26. The molecule has 10 heteroatoms. The van der Waals surface area contributed by atoms with Crippen LogP contribution in [0.15, 0.2) is 51.3 Å². The highest BCUT2D eigenvalue weighted by Crippen LogP contribution is 2.38. The van der Waals surface area contributed by atoms with Gasteiger partial charge in [0, 0.05) is 31.3 Å². The molecular weight excluding hydrogens is 400 g/mol. The second-order valence-corrected chi connectivity index (χ2v) is 9.05. The molecule has 0 radical (unpaired) electrons. The smallest absolute Gasteiger partial charge is 0.240 e. The van der Waals surface area contributed by atoms with Gasteiger partial charge >= 0.3 is 0 Å². The molecule has 3 rings (SSSR count). The highest BCUT2D eigenvalue weighted by atomic mass is 32.2. The first-order chi connectivity index (χ1) is 13.4. The van der Waals surface area contributed by atoms with E-state index >= 15 is 0 Å². The molecule has 28 heavy (non-hydrogen) atoms. The van der Waals surface area contributed by atoms with Gasteiger partial charge in [-0.3, -0.25) is 0 Å². The molecule has 2 aromatic rings. The van der Waals surface area contributed by atoms with Crippen LogP contribution >= 0.6 is 0 Å². The van der Waals surface area contributed by atoms with Gasteiger partial charge < -0.3 is 10.5 Å². The molecule has 1 aliphatic carbocycles. The van der Waals surface area contributed by atoms with E-state index in [4.69, 9.17) is 5.11 Å². The lowest BCUT2D eigenvalue weighted by Gasteiger charge is -2.08. The van der Waals surface area contributed by atoms with Gasteiger partial charge in [-0.05, 0) is 35.4 Å². The van der Waals surface area contributed by atoms with E-state index in [0.29, 0.717) is 22.7 Å². The van der Waals surface area contributed by atoms with Gasteiger partial charge in [0.25, 0.3) is 0 Å². The van der Waals surface area contributed by atoms with Gasteiger partial charge in [-0.25, -0.2) is 22.1 Å². The molecule has 0 heterocycles. The summed E-state index contributed by atoms with van der Waals surface area (Å²) < 4.78 is 42.4. The van der Waals surface area contributed by atoms with Gasteiger partial charge in [-0.2, -0.15) is 5.10 Å². The molecule has 0 saturated carbocycles. The Morgan fingerprint density at radius 2 is 1.75 bits per heavy atom. The Bertz CT molecular complexity index is 1050. The van der Waals surface area contributed by atoms with Crippen LogP contribution in [0.3, 0.4) is 0 Å². The molecule has 1 atom stereocenters. The Labute approximate surface area is 166 Å². The number of rotatable bonds is 8. The summed E-state index contributed by atoms with van der Waals surface area (Å²) in [5, 5.41) is 13.2. The minimum absolute atomic E-state index is 0.0588. The van der Waals surface area contributed by atoms with Crippen molar-refractivity contribution >= 4 is 26.7 Å². The maximum absolute atomic E-state index is 12.4. The fraction of sp³-hybridized carbons (Fsp3) is 0.278. The minimum Gasteiger partial charge on any atom is -0.395 e. The first-order valence-electron chi connectivity index (χ1n) is 8.72. The molecule has 4 N–H and O–H groups in total. The summed E-state index contributed by atoms with van der Waals surface area (Å²) in [4.78, 5) is 0.711. The van der Waals surface area contributed by atoms with Crippen molar-refractivity contribution in [1.29, 1.82) is 0 Å². The average Bonchev–Trinajstić information content (AvgIpc) is 2.99. The van der Waals surface area contributed by atoms with Crippen LogP contribution in [0.2, 0.25) is 0 Å². The molecule has 1 aliphatic rings. The molecule has 0 aliphatic heterocycles. The van der Waals surface area contributed by atoms with Gasteiger partial charge in [0.1, 0.15) is 11.0 Å². The molecule has 2 aromatic carbocycles. The first kappa shape index (κ1) is 20.6. The molecule has 0 amide bonds. The van der Waals surface area contributed by atoms with Crippen LogP contribution in [0.5, 0.6) is 0 Å². The molecular formula is C18H22N4O4S2. The number of aliphatic hydroxyl groups excluding tert-OH is 1. The number of nitrogens with one attached hydrogen (secondary N) is 3. The fourth-order valence-electron chi connectivity index (χ4n) is 3.05. The number of benzene rings is 2. The van der Waals surface area contributed by atoms with Crippen LogP contribution in [-0.4, -0.2) is 50.2 Å². The second-order valence-electron chi connectivity index (χ2n) is 5.99. The van der Waals surface area contributed by atoms with Crippen LogP contribution in [-0.2, 0) is 21.0 Å². The van der Waals surface area contributed by atoms with Gasteiger partial charge in [-0.1, -0.05) is 19.1 Å². The number of aliphatic hydroxyl groups is 1. The van der Waals surface area contributed by atoms with Crippen molar-refractivity contribution in [2.24, 2.45) is 5.10 Å². The number of hydrazone groups is 1. The largest absolute Gasteiger partial charge is 0.395 e. The van der Waals surface area contributed by atoms with Gasteiger partial charge in [0.05, 0.1) is 22.1 Å². The van der Waals surface area contributed by atoms with Crippen molar-refractivity contribution in [3.8, 4) is 11.1 Å². The highest BCUT2D eigenvalue weighted by Gasteiger charge is 2.28. The van der Waals surface area contributed by atoms with E-state index in [1.165, 1.54) is 6.07 Å². The van der Waals surface area contributed by atoms with Gasteiger partial charge in [0.2, 0.25) is 10.0 Å². The summed E-state index contributed by atoms with van der Waals surface area (Å²) in [6, 6.07) is 10.3. The van der Waals surface area contributed by atoms with E-state index < -0.39 is 21.0 Å². The third-order valence-electron chi connectivity index (χ3n) is 4.21. The van der Waals surface area contributed by atoms with Crippen molar-refractivity contribution in [1.82, 2.24) is 14.9 Å². The quantitative estimate of drug-likeness (QED) is 0.395. The normalized spacial score (nSPS) is 15.3. The Kier molecular flexibility index (Phi) is 6.26. The zero-order chi connectivity index (χ0) is 20.3. The highest BCUT2D eigenvalue weighted by molar-refractivity contribution is 7.89. The summed E-state index contributed by atoms with van der Waals surface area (Å²) in [7, 11) is -3.42. The Morgan fingerprint density at radius 3 is 2.39 bits per heavy atom. The number of hydrogen-bond donors (Lipinski definition) is 4. The first-order valence-corrected chi connectivity index (χ1v) is 11.4. The zero-order valence-corrected chi connectivity index (χ0v) is 17.2. The van der Waals surface area contributed by atoms with E-state index in [1.807, 2.05) is 19.1 Å². The van der Waals surface area contributed by atoms with E-state index in [1.54, 1.807) is 25.2 Å². The molecule has 1 unspecified atom stereocenters. The molecule has 0 spiro atoms. The summed E-state index contributed by atoms with van der Waals surface area (Å²) in [6.45, 7) is 2.11. The molecule has 0 aromatic heterocycles. The second kappa shape index (κ2) is 8.50. The number of sulfonamides is 1. The van der Waals surface area contributed by atoms with E-state index in [2.05, 4.69) is 20.0 Å². The summed E-state index contributed by atoms with van der Waals surface area (Å²) in [6.07, 6.45) is 0. The molecule has 8 nitrogen and oxygen atoms in total. The predicted molar refractivity (Wildman–Crippen MR) is 109 cm³/mol. The number of nitrogens with zero attached hydrogens (tertiary/aromatic N) is 1. The molecule has 0 fully saturated rings. The van der Waals surface area contributed by atoms with Crippen LogP contribution in [0, 0.1) is 0 Å². The van der Waals surface area contributed by atoms with Crippen LogP contribution in [0.25, 0.3) is 11.1 Å². The predicted octanol–water partition coefficient (Wildman–Crippen LogP) is 0.542. The maximum atomic E-state index is 12.4. The molecule has 150 valence electrons. The molecule has 0 bridgehead atoms. The van der Waals surface area contributed by atoms with E-state index in [0.717, 1.165) is 16.7 Å². The maximum Gasteiger partial charge on any atom is 0.240 e. The standard InChI is InChI=1S/C18H22N4O4S2/c1-3-20-27(24)12-4-6-14-15-7-5-13(28(25,26)21-8-9-23)11-17(15)18(22-19-2)16(14)10-12/h4-7,10-11,19-21,23H,3,8-9H2,1-2H3/b22-18+.